The van der Waals surface area contributed by atoms with Crippen molar-refractivity contribution < 1.29 is 4.52 Å². The quantitative estimate of drug-likeness (QED) is 0.638. The lowest BCUT2D eigenvalue weighted by atomic mass is 10.2. The molecule has 1 aromatic heterocycles. The first-order chi connectivity index (χ1) is 9.28. The van der Waals surface area contributed by atoms with Crippen molar-refractivity contribution in [2.45, 2.75) is 20.0 Å². The Bertz CT molecular complexity index is 535. The number of aliphatic imine (C=N–C) groups is 1. The molecule has 0 aliphatic carbocycles. The maximum absolute atomic E-state index is 4.90. The fourth-order valence-electron chi connectivity index (χ4n) is 1.58. The van der Waals surface area contributed by atoms with Gasteiger partial charge in [0.05, 0.1) is 6.54 Å². The van der Waals surface area contributed by atoms with Crippen molar-refractivity contribution in [3.63, 3.8) is 0 Å². The lowest BCUT2D eigenvalue weighted by Crippen LogP contribution is -2.36. The molecule has 6 nitrogen and oxygen atoms in total. The van der Waals surface area contributed by atoms with Gasteiger partial charge in [0, 0.05) is 20.5 Å². The van der Waals surface area contributed by atoms with Gasteiger partial charge in [-0.2, -0.15) is 4.98 Å². The average molecular weight is 259 g/mol. The van der Waals surface area contributed by atoms with Gasteiger partial charge in [-0.05, 0) is 5.56 Å². The van der Waals surface area contributed by atoms with E-state index in [1.807, 2.05) is 18.2 Å². The first-order valence-electron chi connectivity index (χ1n) is 6.05. The number of hydrogen-bond donors (Lipinski definition) is 2. The summed E-state index contributed by atoms with van der Waals surface area (Å²) < 4.78 is 4.90. The van der Waals surface area contributed by atoms with E-state index >= 15 is 0 Å². The van der Waals surface area contributed by atoms with E-state index < -0.39 is 0 Å². The van der Waals surface area contributed by atoms with Gasteiger partial charge in [0.15, 0.2) is 11.8 Å². The maximum atomic E-state index is 4.90. The van der Waals surface area contributed by atoms with Crippen molar-refractivity contribution in [2.75, 3.05) is 7.05 Å². The van der Waals surface area contributed by atoms with Crippen LogP contribution in [0.1, 0.15) is 17.3 Å². The van der Waals surface area contributed by atoms with Crippen LogP contribution in [0.15, 0.2) is 39.8 Å². The average Bonchev–Trinajstić information content (AvgIpc) is 2.86. The summed E-state index contributed by atoms with van der Waals surface area (Å²) >= 11 is 0. The Hall–Kier alpha value is -2.37. The third kappa shape index (κ3) is 4.09. The van der Waals surface area contributed by atoms with Crippen molar-refractivity contribution in [1.82, 2.24) is 20.8 Å². The van der Waals surface area contributed by atoms with E-state index in [-0.39, 0.29) is 0 Å². The summed E-state index contributed by atoms with van der Waals surface area (Å²) in [6.45, 7) is 2.95. The molecular weight excluding hydrogens is 242 g/mol. The highest BCUT2D eigenvalue weighted by atomic mass is 16.5. The Balaban J connectivity index is 1.81. The van der Waals surface area contributed by atoms with Crippen LogP contribution in [0, 0.1) is 6.92 Å². The standard InChI is InChI=1S/C13H17N5O/c1-10-17-12(18-19-10)9-16-13(14-2)15-8-11-6-4-3-5-7-11/h3-7H,8-9H2,1-2H3,(H2,14,15,16). The van der Waals surface area contributed by atoms with Crippen LogP contribution in [0.3, 0.4) is 0 Å². The van der Waals surface area contributed by atoms with Gasteiger partial charge in [0.2, 0.25) is 5.89 Å². The first kappa shape index (κ1) is 13.1. The molecule has 0 unspecified atom stereocenters. The van der Waals surface area contributed by atoms with Gasteiger partial charge in [-0.15, -0.1) is 0 Å². The largest absolute Gasteiger partial charge is 0.352 e. The van der Waals surface area contributed by atoms with Crippen LogP contribution < -0.4 is 10.6 Å². The number of aryl methyl sites for hydroxylation is 1. The minimum atomic E-state index is 0.478. The van der Waals surface area contributed by atoms with Crippen LogP contribution in [0.5, 0.6) is 0 Å². The van der Waals surface area contributed by atoms with Crippen molar-refractivity contribution in [2.24, 2.45) is 4.99 Å². The van der Waals surface area contributed by atoms with Crippen LogP contribution in [0.4, 0.5) is 0 Å². The van der Waals surface area contributed by atoms with Gasteiger partial charge in [-0.3, -0.25) is 4.99 Å². The fraction of sp³-hybridized carbons (Fsp3) is 0.308. The Kier molecular flexibility index (Phi) is 4.49. The molecule has 1 aromatic carbocycles. The molecule has 0 saturated carbocycles. The Morgan fingerprint density at radius 1 is 1.21 bits per heavy atom. The molecule has 0 bridgehead atoms. The van der Waals surface area contributed by atoms with Gasteiger partial charge in [0.25, 0.3) is 0 Å². The summed E-state index contributed by atoms with van der Waals surface area (Å²) in [5.41, 5.74) is 1.20. The normalized spacial score (nSPS) is 11.4. The topological polar surface area (TPSA) is 75.3 Å². The van der Waals surface area contributed by atoms with Gasteiger partial charge < -0.3 is 15.2 Å². The lowest BCUT2D eigenvalue weighted by molar-refractivity contribution is 0.387. The van der Waals surface area contributed by atoms with E-state index in [4.69, 9.17) is 4.52 Å². The van der Waals surface area contributed by atoms with E-state index in [0.29, 0.717) is 30.8 Å². The number of nitrogens with one attached hydrogen (secondary N) is 2. The second kappa shape index (κ2) is 6.53. The molecule has 0 fully saturated rings. The summed E-state index contributed by atoms with van der Waals surface area (Å²) in [6.07, 6.45) is 0. The maximum Gasteiger partial charge on any atom is 0.223 e. The summed E-state index contributed by atoms with van der Waals surface area (Å²) in [5, 5.41) is 10.1. The van der Waals surface area contributed by atoms with Gasteiger partial charge in [-0.25, -0.2) is 0 Å². The number of benzene rings is 1. The van der Waals surface area contributed by atoms with Crippen LogP contribution in [-0.4, -0.2) is 23.1 Å². The third-order valence-corrected chi connectivity index (χ3v) is 2.51. The molecule has 100 valence electrons. The third-order valence-electron chi connectivity index (χ3n) is 2.51. The lowest BCUT2D eigenvalue weighted by Gasteiger charge is -2.10. The minimum absolute atomic E-state index is 0.478. The molecule has 2 aromatic rings. The molecule has 19 heavy (non-hydrogen) atoms. The fourth-order valence-corrected chi connectivity index (χ4v) is 1.58. The van der Waals surface area contributed by atoms with E-state index in [1.54, 1.807) is 14.0 Å². The smallest absolute Gasteiger partial charge is 0.223 e. The highest BCUT2D eigenvalue weighted by molar-refractivity contribution is 5.79. The molecular formula is C13H17N5O. The molecule has 0 aliphatic rings. The van der Waals surface area contributed by atoms with Crippen molar-refractivity contribution >= 4 is 5.96 Å². The summed E-state index contributed by atoms with van der Waals surface area (Å²) in [7, 11) is 1.72. The SMILES string of the molecule is CN=C(NCc1ccccc1)NCc1noc(C)n1. The second-order valence-electron chi connectivity index (χ2n) is 3.99. The Morgan fingerprint density at radius 2 is 1.95 bits per heavy atom. The predicted octanol–water partition coefficient (Wildman–Crippen LogP) is 1.24. The van der Waals surface area contributed by atoms with E-state index in [0.717, 1.165) is 0 Å². The molecule has 2 rings (SSSR count). The van der Waals surface area contributed by atoms with Crippen LogP contribution in [0.2, 0.25) is 0 Å². The van der Waals surface area contributed by atoms with Gasteiger partial charge in [0.1, 0.15) is 0 Å². The molecule has 1 heterocycles. The van der Waals surface area contributed by atoms with Gasteiger partial charge >= 0.3 is 0 Å². The molecule has 0 atom stereocenters. The Labute approximate surface area is 111 Å². The predicted molar refractivity (Wildman–Crippen MR) is 72.5 cm³/mol. The molecule has 6 heteroatoms. The van der Waals surface area contributed by atoms with E-state index in [2.05, 4.69) is 37.9 Å². The summed E-state index contributed by atoms with van der Waals surface area (Å²) in [6, 6.07) is 10.1. The van der Waals surface area contributed by atoms with Crippen LogP contribution in [-0.2, 0) is 13.1 Å². The second-order valence-corrected chi connectivity index (χ2v) is 3.99. The summed E-state index contributed by atoms with van der Waals surface area (Å²) in [5.74, 6) is 1.87. The molecule has 0 amide bonds. The molecule has 0 spiro atoms. The first-order valence-corrected chi connectivity index (χ1v) is 6.05. The zero-order valence-corrected chi connectivity index (χ0v) is 11.1. The molecule has 0 saturated heterocycles. The zero-order valence-electron chi connectivity index (χ0n) is 11.1. The van der Waals surface area contributed by atoms with Crippen molar-refractivity contribution in [3.05, 3.63) is 47.6 Å². The van der Waals surface area contributed by atoms with E-state index in [9.17, 15) is 0 Å². The zero-order chi connectivity index (χ0) is 13.5. The minimum Gasteiger partial charge on any atom is -0.352 e. The highest BCUT2D eigenvalue weighted by Crippen LogP contribution is 1.97. The Morgan fingerprint density at radius 3 is 2.58 bits per heavy atom. The van der Waals surface area contributed by atoms with Crippen molar-refractivity contribution in [1.29, 1.82) is 0 Å². The monoisotopic (exact) mass is 259 g/mol. The number of aromatic nitrogens is 2. The van der Waals surface area contributed by atoms with Crippen LogP contribution >= 0.6 is 0 Å². The van der Waals surface area contributed by atoms with E-state index in [1.165, 1.54) is 5.56 Å². The number of hydrogen-bond acceptors (Lipinski definition) is 4. The number of guanidine groups is 1. The number of rotatable bonds is 4. The molecule has 0 radical (unpaired) electrons. The van der Waals surface area contributed by atoms with Crippen LogP contribution in [0.25, 0.3) is 0 Å². The molecule has 2 N–H and O–H groups in total. The highest BCUT2D eigenvalue weighted by Gasteiger charge is 2.03. The van der Waals surface area contributed by atoms with Gasteiger partial charge in [-0.1, -0.05) is 35.5 Å². The summed E-state index contributed by atoms with van der Waals surface area (Å²) in [4.78, 5) is 8.25. The molecule has 0 aliphatic heterocycles. The van der Waals surface area contributed by atoms with Crippen molar-refractivity contribution in [3.8, 4) is 0 Å². The number of nitrogens with zero attached hydrogens (tertiary/aromatic N) is 3.